The van der Waals surface area contributed by atoms with Crippen LogP contribution in [0.3, 0.4) is 0 Å². The van der Waals surface area contributed by atoms with Gasteiger partial charge in [0.1, 0.15) is 0 Å². The lowest BCUT2D eigenvalue weighted by molar-refractivity contribution is 0.263. The van der Waals surface area contributed by atoms with E-state index in [4.69, 9.17) is 0 Å². The van der Waals surface area contributed by atoms with E-state index in [9.17, 15) is 0 Å². The standard InChI is InChI=1S/C10H20S/c1-8(9(2)11)10-6-4-3-5-7-10/h8-11H,3-7H2,1-2H3. The molecule has 0 saturated heterocycles. The van der Waals surface area contributed by atoms with Crippen LogP contribution in [-0.2, 0) is 0 Å². The lowest BCUT2D eigenvalue weighted by Crippen LogP contribution is -2.21. The molecule has 0 nitrogen and oxygen atoms in total. The first-order chi connectivity index (χ1) is 5.22. The van der Waals surface area contributed by atoms with E-state index >= 15 is 0 Å². The highest BCUT2D eigenvalue weighted by atomic mass is 32.1. The monoisotopic (exact) mass is 172 g/mol. The van der Waals surface area contributed by atoms with Crippen LogP contribution in [-0.4, -0.2) is 5.25 Å². The first-order valence-electron chi connectivity index (χ1n) is 4.90. The lowest BCUT2D eigenvalue weighted by Gasteiger charge is -2.29. The van der Waals surface area contributed by atoms with E-state index in [1.54, 1.807) is 0 Å². The van der Waals surface area contributed by atoms with Gasteiger partial charge in [-0.25, -0.2) is 0 Å². The summed E-state index contributed by atoms with van der Waals surface area (Å²) in [5, 5.41) is 0.582. The molecule has 0 aliphatic heterocycles. The van der Waals surface area contributed by atoms with Crippen molar-refractivity contribution < 1.29 is 0 Å². The van der Waals surface area contributed by atoms with Gasteiger partial charge in [-0.3, -0.25) is 0 Å². The molecule has 0 radical (unpaired) electrons. The average Bonchev–Trinajstić information content (AvgIpc) is 2.05. The van der Waals surface area contributed by atoms with E-state index in [1.807, 2.05) is 0 Å². The van der Waals surface area contributed by atoms with Crippen LogP contribution in [0.15, 0.2) is 0 Å². The fourth-order valence-corrected chi connectivity index (χ4v) is 2.30. The molecule has 0 aromatic heterocycles. The Labute approximate surface area is 76.2 Å². The Balaban J connectivity index is 2.32. The second kappa shape index (κ2) is 4.39. The van der Waals surface area contributed by atoms with E-state index < -0.39 is 0 Å². The third-order valence-corrected chi connectivity index (χ3v) is 3.62. The SMILES string of the molecule is CC(S)C(C)C1CCCCC1. The summed E-state index contributed by atoms with van der Waals surface area (Å²) in [4.78, 5) is 0. The average molecular weight is 172 g/mol. The Kier molecular flexibility index (Phi) is 3.77. The van der Waals surface area contributed by atoms with Gasteiger partial charge < -0.3 is 0 Å². The van der Waals surface area contributed by atoms with Gasteiger partial charge in [0.2, 0.25) is 0 Å². The van der Waals surface area contributed by atoms with Crippen LogP contribution >= 0.6 is 12.6 Å². The van der Waals surface area contributed by atoms with Crippen molar-refractivity contribution in [3.63, 3.8) is 0 Å². The van der Waals surface area contributed by atoms with Gasteiger partial charge in [-0.15, -0.1) is 0 Å². The van der Waals surface area contributed by atoms with Gasteiger partial charge in [-0.05, 0) is 11.8 Å². The molecular weight excluding hydrogens is 152 g/mol. The normalized spacial score (nSPS) is 26.5. The molecule has 1 aliphatic rings. The van der Waals surface area contributed by atoms with Crippen LogP contribution in [0.2, 0.25) is 0 Å². The van der Waals surface area contributed by atoms with Gasteiger partial charge >= 0.3 is 0 Å². The van der Waals surface area contributed by atoms with Crippen LogP contribution < -0.4 is 0 Å². The molecule has 11 heavy (non-hydrogen) atoms. The van der Waals surface area contributed by atoms with Crippen molar-refractivity contribution in [3.8, 4) is 0 Å². The Morgan fingerprint density at radius 2 is 1.64 bits per heavy atom. The second-order valence-corrected chi connectivity index (χ2v) is 4.81. The highest BCUT2D eigenvalue weighted by Gasteiger charge is 2.22. The number of hydrogen-bond acceptors (Lipinski definition) is 1. The summed E-state index contributed by atoms with van der Waals surface area (Å²) in [7, 11) is 0. The van der Waals surface area contributed by atoms with Crippen molar-refractivity contribution in [1.29, 1.82) is 0 Å². The van der Waals surface area contributed by atoms with Crippen molar-refractivity contribution in [2.45, 2.75) is 51.2 Å². The molecule has 1 saturated carbocycles. The largest absolute Gasteiger partial charge is 0.176 e. The zero-order valence-electron chi connectivity index (χ0n) is 7.71. The van der Waals surface area contributed by atoms with Gasteiger partial charge in [0.15, 0.2) is 0 Å². The van der Waals surface area contributed by atoms with Crippen LogP contribution in [0.4, 0.5) is 0 Å². The molecule has 0 aromatic rings. The molecule has 1 rings (SSSR count). The molecule has 66 valence electrons. The number of hydrogen-bond donors (Lipinski definition) is 1. The van der Waals surface area contributed by atoms with Crippen molar-refractivity contribution in [1.82, 2.24) is 0 Å². The Morgan fingerprint density at radius 3 is 2.09 bits per heavy atom. The molecule has 0 amide bonds. The maximum atomic E-state index is 4.50. The smallest absolute Gasteiger partial charge is 0.00167 e. The summed E-state index contributed by atoms with van der Waals surface area (Å²) >= 11 is 4.50. The maximum absolute atomic E-state index is 4.50. The Hall–Kier alpha value is 0.350. The van der Waals surface area contributed by atoms with Crippen molar-refractivity contribution in [2.75, 3.05) is 0 Å². The van der Waals surface area contributed by atoms with Crippen LogP contribution in [0, 0.1) is 11.8 Å². The molecule has 2 unspecified atom stereocenters. The molecule has 2 atom stereocenters. The fourth-order valence-electron chi connectivity index (χ4n) is 2.05. The molecule has 1 aliphatic carbocycles. The van der Waals surface area contributed by atoms with Crippen LogP contribution in [0.1, 0.15) is 46.0 Å². The molecule has 0 aromatic carbocycles. The minimum absolute atomic E-state index is 0.582. The number of rotatable bonds is 2. The molecular formula is C10H20S. The van der Waals surface area contributed by atoms with Gasteiger partial charge in [0.05, 0.1) is 0 Å². The van der Waals surface area contributed by atoms with E-state index in [0.29, 0.717) is 5.25 Å². The van der Waals surface area contributed by atoms with Gasteiger partial charge in [-0.1, -0.05) is 46.0 Å². The van der Waals surface area contributed by atoms with Gasteiger partial charge in [-0.2, -0.15) is 12.6 Å². The predicted molar refractivity (Wildman–Crippen MR) is 54.2 cm³/mol. The zero-order valence-corrected chi connectivity index (χ0v) is 8.61. The van der Waals surface area contributed by atoms with E-state index in [-0.39, 0.29) is 0 Å². The van der Waals surface area contributed by atoms with Crippen LogP contribution in [0.5, 0.6) is 0 Å². The first-order valence-corrected chi connectivity index (χ1v) is 5.41. The highest BCUT2D eigenvalue weighted by molar-refractivity contribution is 7.80. The summed E-state index contributed by atoms with van der Waals surface area (Å²) < 4.78 is 0. The van der Waals surface area contributed by atoms with Crippen molar-refractivity contribution in [3.05, 3.63) is 0 Å². The Morgan fingerprint density at radius 1 is 1.09 bits per heavy atom. The minimum atomic E-state index is 0.582. The molecule has 0 bridgehead atoms. The molecule has 1 heteroatoms. The summed E-state index contributed by atoms with van der Waals surface area (Å²) in [5.74, 6) is 1.79. The van der Waals surface area contributed by atoms with Crippen molar-refractivity contribution >= 4 is 12.6 Å². The second-order valence-electron chi connectivity index (χ2n) is 4.00. The molecule has 0 spiro atoms. The zero-order chi connectivity index (χ0) is 8.27. The topological polar surface area (TPSA) is 0 Å². The first kappa shape index (κ1) is 9.44. The lowest BCUT2D eigenvalue weighted by atomic mass is 9.80. The Bertz CT molecular complexity index is 103. The molecule has 0 heterocycles. The van der Waals surface area contributed by atoms with Crippen molar-refractivity contribution in [2.24, 2.45) is 11.8 Å². The fraction of sp³-hybridized carbons (Fsp3) is 1.00. The molecule has 0 N–H and O–H groups in total. The summed E-state index contributed by atoms with van der Waals surface area (Å²) in [5.41, 5.74) is 0. The summed E-state index contributed by atoms with van der Waals surface area (Å²) in [6.07, 6.45) is 7.27. The summed E-state index contributed by atoms with van der Waals surface area (Å²) in [6.45, 7) is 4.58. The quantitative estimate of drug-likeness (QED) is 0.605. The highest BCUT2D eigenvalue weighted by Crippen LogP contribution is 2.32. The van der Waals surface area contributed by atoms with E-state index in [2.05, 4.69) is 26.5 Å². The van der Waals surface area contributed by atoms with Gasteiger partial charge in [0.25, 0.3) is 0 Å². The molecule has 1 fully saturated rings. The van der Waals surface area contributed by atoms with Gasteiger partial charge in [0, 0.05) is 5.25 Å². The maximum Gasteiger partial charge on any atom is 0.00167 e. The van der Waals surface area contributed by atoms with E-state index in [0.717, 1.165) is 11.8 Å². The third kappa shape index (κ3) is 2.70. The third-order valence-electron chi connectivity index (χ3n) is 3.15. The number of thiol groups is 1. The predicted octanol–water partition coefficient (Wildman–Crippen LogP) is 3.52. The minimum Gasteiger partial charge on any atom is -0.176 e. The summed E-state index contributed by atoms with van der Waals surface area (Å²) in [6, 6.07) is 0. The van der Waals surface area contributed by atoms with E-state index in [1.165, 1.54) is 32.1 Å². The van der Waals surface area contributed by atoms with Crippen LogP contribution in [0.25, 0.3) is 0 Å².